The molecule has 9 heteroatoms. The first-order valence-corrected chi connectivity index (χ1v) is 10.3. The lowest BCUT2D eigenvalue weighted by molar-refractivity contribution is 0.230. The maximum Gasteiger partial charge on any atom is 0.329 e. The Morgan fingerprint density at radius 1 is 1.13 bits per heavy atom. The van der Waals surface area contributed by atoms with Gasteiger partial charge in [-0.1, -0.05) is 32.0 Å². The number of aromatic amines is 1. The van der Waals surface area contributed by atoms with Gasteiger partial charge in [-0.2, -0.15) is 4.98 Å². The fourth-order valence-corrected chi connectivity index (χ4v) is 4.06. The number of hydrogen-bond acceptors (Lipinski definition) is 5. The van der Waals surface area contributed by atoms with E-state index >= 15 is 0 Å². The third-order valence-corrected chi connectivity index (χ3v) is 5.55. The standard InChI is InChI=1S/C21H27FN6O2/c1-14(2)12-26-8-10-27(11-9-26)20-23-18-17(19(29)24-21(30)25(18)3)28(20)13-15-6-4-5-7-16(15)22/h4-7,14H,8-13H2,1-3H3,(H,24,29,30). The first kappa shape index (κ1) is 20.3. The van der Waals surface area contributed by atoms with Crippen molar-refractivity contribution in [1.29, 1.82) is 0 Å². The molecule has 30 heavy (non-hydrogen) atoms. The average Bonchev–Trinajstić information content (AvgIpc) is 3.08. The molecule has 1 fully saturated rings. The maximum absolute atomic E-state index is 14.4. The normalized spacial score (nSPS) is 15.4. The van der Waals surface area contributed by atoms with Crippen molar-refractivity contribution in [1.82, 2.24) is 24.0 Å². The van der Waals surface area contributed by atoms with Gasteiger partial charge in [-0.25, -0.2) is 9.18 Å². The summed E-state index contributed by atoms with van der Waals surface area (Å²) in [6.45, 7) is 8.87. The maximum atomic E-state index is 14.4. The molecule has 3 aromatic rings. The van der Waals surface area contributed by atoms with E-state index in [4.69, 9.17) is 0 Å². The second kappa shape index (κ2) is 8.06. The molecule has 1 saturated heterocycles. The zero-order chi connectivity index (χ0) is 21.4. The van der Waals surface area contributed by atoms with Gasteiger partial charge < -0.3 is 4.90 Å². The van der Waals surface area contributed by atoms with Gasteiger partial charge in [0, 0.05) is 45.3 Å². The Bertz CT molecular complexity index is 1170. The molecule has 0 spiro atoms. The van der Waals surface area contributed by atoms with Crippen molar-refractivity contribution in [2.75, 3.05) is 37.6 Å². The number of rotatable bonds is 5. The Labute approximate surface area is 173 Å². The summed E-state index contributed by atoms with van der Waals surface area (Å²) in [4.78, 5) is 36.3. The van der Waals surface area contributed by atoms with E-state index in [1.807, 2.05) is 0 Å². The van der Waals surface area contributed by atoms with Gasteiger partial charge in [0.2, 0.25) is 5.95 Å². The van der Waals surface area contributed by atoms with Crippen LogP contribution in [0.3, 0.4) is 0 Å². The number of nitrogens with zero attached hydrogens (tertiary/aromatic N) is 5. The molecule has 0 radical (unpaired) electrons. The monoisotopic (exact) mass is 414 g/mol. The Balaban J connectivity index is 1.78. The van der Waals surface area contributed by atoms with Crippen LogP contribution in [0.5, 0.6) is 0 Å². The molecule has 0 saturated carbocycles. The van der Waals surface area contributed by atoms with E-state index in [0.717, 1.165) is 32.7 Å². The van der Waals surface area contributed by atoms with E-state index in [0.29, 0.717) is 23.1 Å². The Kier molecular flexibility index (Phi) is 5.46. The predicted molar refractivity (Wildman–Crippen MR) is 115 cm³/mol. The van der Waals surface area contributed by atoms with E-state index in [1.54, 1.807) is 29.8 Å². The van der Waals surface area contributed by atoms with E-state index in [1.165, 1.54) is 10.6 Å². The topological polar surface area (TPSA) is 79.2 Å². The largest absolute Gasteiger partial charge is 0.340 e. The molecule has 0 unspecified atom stereocenters. The van der Waals surface area contributed by atoms with Crippen molar-refractivity contribution < 1.29 is 4.39 Å². The highest BCUT2D eigenvalue weighted by Gasteiger charge is 2.25. The molecule has 2 aromatic heterocycles. The Morgan fingerprint density at radius 2 is 1.83 bits per heavy atom. The van der Waals surface area contributed by atoms with Gasteiger partial charge >= 0.3 is 5.69 Å². The number of anilines is 1. The third kappa shape index (κ3) is 3.77. The number of fused-ring (bicyclic) bond motifs is 1. The molecule has 1 N–H and O–H groups in total. The SMILES string of the molecule is CC(C)CN1CCN(c2nc3c(c(=O)[nH]c(=O)n3C)n2Cc2ccccc2F)CC1. The van der Waals surface area contributed by atoms with Crippen LogP contribution >= 0.6 is 0 Å². The van der Waals surface area contributed by atoms with Gasteiger partial charge in [-0.3, -0.25) is 23.8 Å². The Hall–Kier alpha value is -2.94. The lowest BCUT2D eigenvalue weighted by atomic mass is 10.2. The molecule has 160 valence electrons. The smallest absolute Gasteiger partial charge is 0.329 e. The number of H-pyrrole nitrogens is 1. The molecule has 1 aliphatic rings. The fraction of sp³-hybridized carbons (Fsp3) is 0.476. The second-order valence-corrected chi connectivity index (χ2v) is 8.26. The van der Waals surface area contributed by atoms with Crippen LogP contribution in [0.1, 0.15) is 19.4 Å². The summed E-state index contributed by atoms with van der Waals surface area (Å²) in [5.41, 5.74) is 0.0161. The van der Waals surface area contributed by atoms with Crippen LogP contribution < -0.4 is 16.1 Å². The molecule has 3 heterocycles. The zero-order valence-electron chi connectivity index (χ0n) is 17.6. The highest BCUT2D eigenvalue weighted by molar-refractivity contribution is 5.74. The minimum atomic E-state index is -0.517. The second-order valence-electron chi connectivity index (χ2n) is 8.26. The molecule has 0 amide bonds. The predicted octanol–water partition coefficient (Wildman–Crippen LogP) is 1.39. The quantitative estimate of drug-likeness (QED) is 0.683. The van der Waals surface area contributed by atoms with Gasteiger partial charge in [0.05, 0.1) is 6.54 Å². The van der Waals surface area contributed by atoms with Crippen LogP contribution in [0.25, 0.3) is 11.2 Å². The van der Waals surface area contributed by atoms with E-state index in [-0.39, 0.29) is 17.9 Å². The summed E-state index contributed by atoms with van der Waals surface area (Å²) in [5, 5.41) is 0. The lowest BCUT2D eigenvalue weighted by Gasteiger charge is -2.36. The van der Waals surface area contributed by atoms with E-state index < -0.39 is 11.2 Å². The highest BCUT2D eigenvalue weighted by atomic mass is 19.1. The van der Waals surface area contributed by atoms with Gasteiger partial charge in [0.25, 0.3) is 5.56 Å². The molecule has 8 nitrogen and oxygen atoms in total. The van der Waals surface area contributed by atoms with Gasteiger partial charge in [-0.15, -0.1) is 0 Å². The molecular formula is C21H27FN6O2. The Morgan fingerprint density at radius 3 is 2.50 bits per heavy atom. The third-order valence-electron chi connectivity index (χ3n) is 5.55. The van der Waals surface area contributed by atoms with Gasteiger partial charge in [0.1, 0.15) is 5.82 Å². The van der Waals surface area contributed by atoms with Crippen molar-refractivity contribution in [3.63, 3.8) is 0 Å². The molecular weight excluding hydrogens is 387 g/mol. The number of aromatic nitrogens is 4. The molecule has 0 atom stereocenters. The van der Waals surface area contributed by atoms with Crippen LogP contribution in [0.4, 0.5) is 10.3 Å². The van der Waals surface area contributed by atoms with E-state index in [9.17, 15) is 14.0 Å². The fourth-order valence-electron chi connectivity index (χ4n) is 4.06. The molecule has 4 rings (SSSR count). The summed E-state index contributed by atoms with van der Waals surface area (Å²) in [5.74, 6) is 0.840. The van der Waals surface area contributed by atoms with Crippen molar-refractivity contribution in [3.8, 4) is 0 Å². The number of benzene rings is 1. The van der Waals surface area contributed by atoms with Crippen LogP contribution in [-0.2, 0) is 13.6 Å². The summed E-state index contributed by atoms with van der Waals surface area (Å²) in [7, 11) is 1.57. The minimum absolute atomic E-state index is 0.159. The number of imidazole rings is 1. The van der Waals surface area contributed by atoms with Crippen molar-refractivity contribution in [2.24, 2.45) is 13.0 Å². The summed E-state index contributed by atoms with van der Waals surface area (Å²) < 4.78 is 17.4. The first-order chi connectivity index (χ1) is 14.3. The number of hydrogen-bond donors (Lipinski definition) is 1. The average molecular weight is 414 g/mol. The van der Waals surface area contributed by atoms with Crippen LogP contribution in [0.2, 0.25) is 0 Å². The van der Waals surface area contributed by atoms with Crippen molar-refractivity contribution >= 4 is 17.1 Å². The minimum Gasteiger partial charge on any atom is -0.340 e. The molecule has 1 aliphatic heterocycles. The number of aryl methyl sites for hydroxylation is 1. The van der Waals surface area contributed by atoms with E-state index in [2.05, 4.69) is 33.6 Å². The number of halogens is 1. The first-order valence-electron chi connectivity index (χ1n) is 10.3. The summed E-state index contributed by atoms with van der Waals surface area (Å²) in [6.07, 6.45) is 0. The van der Waals surface area contributed by atoms with Gasteiger partial charge in [0.15, 0.2) is 11.2 Å². The molecule has 0 aliphatic carbocycles. The number of piperazine rings is 1. The van der Waals surface area contributed by atoms with Crippen LogP contribution in [-0.4, -0.2) is 56.7 Å². The van der Waals surface area contributed by atoms with Crippen LogP contribution in [0.15, 0.2) is 33.9 Å². The van der Waals surface area contributed by atoms with Crippen LogP contribution in [0, 0.1) is 11.7 Å². The molecule has 0 bridgehead atoms. The summed E-state index contributed by atoms with van der Waals surface area (Å²) in [6, 6.07) is 6.50. The molecule has 1 aromatic carbocycles. The van der Waals surface area contributed by atoms with Crippen molar-refractivity contribution in [3.05, 3.63) is 56.5 Å². The highest BCUT2D eigenvalue weighted by Crippen LogP contribution is 2.23. The lowest BCUT2D eigenvalue weighted by Crippen LogP contribution is -2.48. The number of nitrogens with one attached hydrogen (secondary N) is 1. The van der Waals surface area contributed by atoms with Gasteiger partial charge in [-0.05, 0) is 12.0 Å². The van der Waals surface area contributed by atoms with Crippen molar-refractivity contribution in [2.45, 2.75) is 20.4 Å². The summed E-state index contributed by atoms with van der Waals surface area (Å²) >= 11 is 0. The zero-order valence-corrected chi connectivity index (χ0v) is 17.6.